The second kappa shape index (κ2) is 6.39. The van der Waals surface area contributed by atoms with Crippen LogP contribution in [-0.2, 0) is 4.79 Å². The first-order valence-corrected chi connectivity index (χ1v) is 7.08. The van der Waals surface area contributed by atoms with Crippen molar-refractivity contribution in [3.8, 4) is 0 Å². The summed E-state index contributed by atoms with van der Waals surface area (Å²) in [6.45, 7) is 9.28. The fourth-order valence-corrected chi connectivity index (χ4v) is 2.85. The molecule has 0 spiro atoms. The second-order valence-electron chi connectivity index (χ2n) is 5.47. The molecule has 1 amide bonds. The van der Waals surface area contributed by atoms with E-state index in [0.29, 0.717) is 12.0 Å². The molecule has 1 saturated carbocycles. The molecule has 3 nitrogen and oxygen atoms in total. The summed E-state index contributed by atoms with van der Waals surface area (Å²) in [6, 6.07) is 0.381. The molecule has 0 saturated heterocycles. The summed E-state index contributed by atoms with van der Waals surface area (Å²) in [6.07, 6.45) is 4.29. The summed E-state index contributed by atoms with van der Waals surface area (Å²) < 4.78 is 0. The largest absolute Gasteiger partial charge is 0.340 e. The van der Waals surface area contributed by atoms with Crippen LogP contribution in [0.4, 0.5) is 0 Å². The van der Waals surface area contributed by atoms with Crippen molar-refractivity contribution in [1.82, 2.24) is 4.90 Å². The average molecular weight is 240 g/mol. The maximum absolute atomic E-state index is 12.5. The van der Waals surface area contributed by atoms with E-state index < -0.39 is 0 Å². The molecule has 0 radical (unpaired) electrons. The van der Waals surface area contributed by atoms with Gasteiger partial charge in [0.2, 0.25) is 5.91 Å². The van der Waals surface area contributed by atoms with Gasteiger partial charge in [-0.2, -0.15) is 0 Å². The highest BCUT2D eigenvalue weighted by molar-refractivity contribution is 5.80. The van der Waals surface area contributed by atoms with Crippen LogP contribution in [0.25, 0.3) is 0 Å². The Hall–Kier alpha value is -0.570. The van der Waals surface area contributed by atoms with Gasteiger partial charge in [-0.25, -0.2) is 0 Å². The van der Waals surface area contributed by atoms with Gasteiger partial charge in [0, 0.05) is 18.6 Å². The molecular formula is C14H28N2O. The van der Waals surface area contributed by atoms with Gasteiger partial charge in [0.1, 0.15) is 0 Å². The van der Waals surface area contributed by atoms with Crippen molar-refractivity contribution in [2.45, 2.75) is 65.5 Å². The predicted octanol–water partition coefficient (Wildman–Crippen LogP) is 2.40. The molecule has 0 aromatic rings. The molecule has 0 aromatic carbocycles. The fourth-order valence-electron chi connectivity index (χ4n) is 2.85. The van der Waals surface area contributed by atoms with Crippen molar-refractivity contribution in [2.24, 2.45) is 17.6 Å². The van der Waals surface area contributed by atoms with Crippen molar-refractivity contribution < 1.29 is 4.79 Å². The monoisotopic (exact) mass is 240 g/mol. The standard InChI is InChI=1S/C14H28N2O/c1-5-11(4)16(6-2)14(17)12-9-7-8-10(3)13(12)15/h10-13H,5-9,15H2,1-4H3. The van der Waals surface area contributed by atoms with Crippen molar-refractivity contribution in [3.05, 3.63) is 0 Å². The van der Waals surface area contributed by atoms with Gasteiger partial charge in [-0.3, -0.25) is 4.79 Å². The van der Waals surface area contributed by atoms with Gasteiger partial charge in [0.05, 0.1) is 5.92 Å². The minimum absolute atomic E-state index is 0.0488. The zero-order chi connectivity index (χ0) is 13.0. The maximum atomic E-state index is 12.5. The topological polar surface area (TPSA) is 46.3 Å². The minimum Gasteiger partial charge on any atom is -0.340 e. The van der Waals surface area contributed by atoms with E-state index in [2.05, 4.69) is 27.7 Å². The Labute approximate surface area is 106 Å². The van der Waals surface area contributed by atoms with Crippen LogP contribution in [0, 0.1) is 11.8 Å². The molecule has 1 rings (SSSR count). The SMILES string of the molecule is CCC(C)N(CC)C(=O)C1CCCC(C)C1N. The molecule has 0 bridgehead atoms. The lowest BCUT2D eigenvalue weighted by molar-refractivity contribution is -0.139. The number of nitrogens with two attached hydrogens (primary N) is 1. The van der Waals surface area contributed by atoms with Gasteiger partial charge in [-0.15, -0.1) is 0 Å². The second-order valence-corrected chi connectivity index (χ2v) is 5.47. The Morgan fingerprint density at radius 1 is 1.41 bits per heavy atom. The summed E-state index contributed by atoms with van der Waals surface area (Å²) in [5.41, 5.74) is 6.21. The smallest absolute Gasteiger partial charge is 0.227 e. The van der Waals surface area contributed by atoms with Crippen molar-refractivity contribution in [2.75, 3.05) is 6.54 Å². The highest BCUT2D eigenvalue weighted by Crippen LogP contribution is 2.29. The lowest BCUT2D eigenvalue weighted by atomic mass is 9.77. The number of carbonyl (C=O) groups is 1. The highest BCUT2D eigenvalue weighted by Gasteiger charge is 2.35. The van der Waals surface area contributed by atoms with Crippen LogP contribution >= 0.6 is 0 Å². The molecule has 1 aliphatic rings. The molecule has 4 unspecified atom stereocenters. The van der Waals surface area contributed by atoms with Crippen LogP contribution in [0.1, 0.15) is 53.4 Å². The van der Waals surface area contributed by atoms with Gasteiger partial charge in [-0.1, -0.05) is 20.3 Å². The number of carbonyl (C=O) groups excluding carboxylic acids is 1. The molecule has 0 heterocycles. The van der Waals surface area contributed by atoms with E-state index in [-0.39, 0.29) is 17.9 Å². The average Bonchev–Trinajstić information content (AvgIpc) is 2.33. The molecule has 1 fully saturated rings. The number of amides is 1. The van der Waals surface area contributed by atoms with Crippen LogP contribution in [-0.4, -0.2) is 29.4 Å². The number of hydrogen-bond acceptors (Lipinski definition) is 2. The van der Waals surface area contributed by atoms with E-state index in [1.54, 1.807) is 0 Å². The van der Waals surface area contributed by atoms with Crippen LogP contribution in [0.3, 0.4) is 0 Å². The number of hydrogen-bond donors (Lipinski definition) is 1. The molecule has 0 aliphatic heterocycles. The summed E-state index contributed by atoms with van der Waals surface area (Å²) in [4.78, 5) is 14.5. The van der Waals surface area contributed by atoms with Gasteiger partial charge >= 0.3 is 0 Å². The van der Waals surface area contributed by atoms with Crippen molar-refractivity contribution in [1.29, 1.82) is 0 Å². The molecule has 100 valence electrons. The Bertz CT molecular complexity index is 255. The molecule has 3 heteroatoms. The van der Waals surface area contributed by atoms with Crippen LogP contribution in [0.2, 0.25) is 0 Å². The van der Waals surface area contributed by atoms with E-state index in [0.717, 1.165) is 25.8 Å². The zero-order valence-electron chi connectivity index (χ0n) is 11.8. The maximum Gasteiger partial charge on any atom is 0.227 e. The number of nitrogens with zero attached hydrogens (tertiary/aromatic N) is 1. The summed E-state index contributed by atoms with van der Waals surface area (Å²) >= 11 is 0. The van der Waals surface area contributed by atoms with E-state index in [4.69, 9.17) is 5.73 Å². The Morgan fingerprint density at radius 3 is 2.59 bits per heavy atom. The van der Waals surface area contributed by atoms with Crippen molar-refractivity contribution >= 4 is 5.91 Å². The van der Waals surface area contributed by atoms with E-state index in [1.165, 1.54) is 6.42 Å². The highest BCUT2D eigenvalue weighted by atomic mass is 16.2. The first-order valence-electron chi connectivity index (χ1n) is 7.08. The minimum atomic E-state index is 0.0488. The van der Waals surface area contributed by atoms with Gasteiger partial charge in [-0.05, 0) is 39.0 Å². The third-order valence-corrected chi connectivity index (χ3v) is 4.36. The normalized spacial score (nSPS) is 31.0. The Kier molecular flexibility index (Phi) is 5.44. The Morgan fingerprint density at radius 2 is 2.06 bits per heavy atom. The fraction of sp³-hybridized carbons (Fsp3) is 0.929. The molecule has 4 atom stereocenters. The molecule has 0 aromatic heterocycles. The van der Waals surface area contributed by atoms with E-state index >= 15 is 0 Å². The summed E-state index contributed by atoms with van der Waals surface area (Å²) in [5.74, 6) is 0.807. The third-order valence-electron chi connectivity index (χ3n) is 4.36. The summed E-state index contributed by atoms with van der Waals surface area (Å²) in [7, 11) is 0. The van der Waals surface area contributed by atoms with Crippen LogP contribution in [0.5, 0.6) is 0 Å². The van der Waals surface area contributed by atoms with Crippen LogP contribution in [0.15, 0.2) is 0 Å². The summed E-state index contributed by atoms with van der Waals surface area (Å²) in [5, 5.41) is 0. The quantitative estimate of drug-likeness (QED) is 0.820. The lowest BCUT2D eigenvalue weighted by Crippen LogP contribution is -2.50. The first-order chi connectivity index (χ1) is 8.02. The lowest BCUT2D eigenvalue weighted by Gasteiger charge is -2.38. The Balaban J connectivity index is 2.72. The van der Waals surface area contributed by atoms with Crippen LogP contribution < -0.4 is 5.73 Å². The van der Waals surface area contributed by atoms with Gasteiger partial charge in [0.25, 0.3) is 0 Å². The van der Waals surface area contributed by atoms with E-state index in [1.807, 2.05) is 4.90 Å². The predicted molar refractivity (Wildman–Crippen MR) is 71.6 cm³/mol. The number of rotatable bonds is 4. The molecule has 2 N–H and O–H groups in total. The van der Waals surface area contributed by atoms with Gasteiger partial charge < -0.3 is 10.6 Å². The molecule has 17 heavy (non-hydrogen) atoms. The molecule has 1 aliphatic carbocycles. The third kappa shape index (κ3) is 3.21. The first kappa shape index (κ1) is 14.5. The van der Waals surface area contributed by atoms with Crippen molar-refractivity contribution in [3.63, 3.8) is 0 Å². The van der Waals surface area contributed by atoms with E-state index in [9.17, 15) is 4.79 Å². The molecular weight excluding hydrogens is 212 g/mol. The van der Waals surface area contributed by atoms with Gasteiger partial charge in [0.15, 0.2) is 0 Å². The zero-order valence-corrected chi connectivity index (χ0v) is 11.8.